The summed E-state index contributed by atoms with van der Waals surface area (Å²) in [6, 6.07) is 7.64. The monoisotopic (exact) mass is 422 g/mol. The van der Waals surface area contributed by atoms with Gasteiger partial charge in [0.1, 0.15) is 12.3 Å². The van der Waals surface area contributed by atoms with Crippen molar-refractivity contribution in [3.05, 3.63) is 29.1 Å². The molecule has 2 rings (SSSR count). The summed E-state index contributed by atoms with van der Waals surface area (Å²) in [5, 5.41) is 6.93. The van der Waals surface area contributed by atoms with Crippen LogP contribution in [0, 0.1) is 5.92 Å². The van der Waals surface area contributed by atoms with Gasteiger partial charge in [0, 0.05) is 22.7 Å². The lowest BCUT2D eigenvalue weighted by molar-refractivity contribution is 0.0514. The van der Waals surface area contributed by atoms with Gasteiger partial charge in [0.25, 0.3) is 0 Å². The highest BCUT2D eigenvalue weighted by molar-refractivity contribution is 7.21. The van der Waals surface area contributed by atoms with E-state index in [2.05, 4.69) is 10.6 Å². The molecule has 0 unspecified atom stereocenters. The van der Waals surface area contributed by atoms with E-state index in [-0.39, 0.29) is 18.7 Å². The minimum atomic E-state index is -0.543. The Balaban J connectivity index is 2.01. The van der Waals surface area contributed by atoms with Gasteiger partial charge in [-0.2, -0.15) is 0 Å². The van der Waals surface area contributed by atoms with Crippen LogP contribution < -0.4 is 15.4 Å². The van der Waals surface area contributed by atoms with Crippen LogP contribution >= 0.6 is 11.3 Å². The van der Waals surface area contributed by atoms with Crippen molar-refractivity contribution in [3.63, 3.8) is 0 Å². The predicted octanol–water partition coefficient (Wildman–Crippen LogP) is 4.16. The van der Waals surface area contributed by atoms with E-state index in [0.29, 0.717) is 17.2 Å². The van der Waals surface area contributed by atoms with Gasteiger partial charge < -0.3 is 19.5 Å². The molecule has 1 aromatic heterocycles. The highest BCUT2D eigenvalue weighted by Gasteiger charge is 2.22. The SMILES string of the molecule is COC(=O)c1sc2ccccc2c1OCN[C@H](CNC(=O)OC(C)(C)C)C(C)C. The molecule has 0 spiro atoms. The highest BCUT2D eigenvalue weighted by Crippen LogP contribution is 2.38. The van der Waals surface area contributed by atoms with E-state index >= 15 is 0 Å². The summed E-state index contributed by atoms with van der Waals surface area (Å²) in [7, 11) is 1.35. The van der Waals surface area contributed by atoms with E-state index in [1.165, 1.54) is 18.4 Å². The Morgan fingerprint density at radius 1 is 1.17 bits per heavy atom. The van der Waals surface area contributed by atoms with Crippen molar-refractivity contribution >= 4 is 33.5 Å². The van der Waals surface area contributed by atoms with Gasteiger partial charge in [-0.25, -0.2) is 9.59 Å². The Bertz CT molecular complexity index is 841. The van der Waals surface area contributed by atoms with Crippen molar-refractivity contribution < 1.29 is 23.8 Å². The van der Waals surface area contributed by atoms with Crippen LogP contribution in [0.25, 0.3) is 10.1 Å². The fraction of sp³-hybridized carbons (Fsp3) is 0.524. The number of amides is 1. The highest BCUT2D eigenvalue weighted by atomic mass is 32.1. The van der Waals surface area contributed by atoms with E-state index in [1.54, 1.807) is 0 Å². The lowest BCUT2D eigenvalue weighted by Crippen LogP contribution is -2.46. The number of nitrogens with one attached hydrogen (secondary N) is 2. The van der Waals surface area contributed by atoms with Gasteiger partial charge in [-0.1, -0.05) is 26.0 Å². The number of alkyl carbamates (subject to hydrolysis) is 1. The fourth-order valence-electron chi connectivity index (χ4n) is 2.66. The summed E-state index contributed by atoms with van der Waals surface area (Å²) in [5.74, 6) is 0.327. The van der Waals surface area contributed by atoms with Crippen LogP contribution in [0.3, 0.4) is 0 Å². The molecule has 1 aromatic carbocycles. The van der Waals surface area contributed by atoms with Crippen molar-refractivity contribution in [1.29, 1.82) is 0 Å². The molecule has 0 aliphatic rings. The molecule has 0 saturated heterocycles. The number of carbonyl (C=O) groups is 2. The topological polar surface area (TPSA) is 85.9 Å². The number of thiophene rings is 1. The average molecular weight is 423 g/mol. The summed E-state index contributed by atoms with van der Waals surface area (Å²) < 4.78 is 17.1. The van der Waals surface area contributed by atoms with E-state index in [1.807, 2.05) is 58.9 Å². The summed E-state index contributed by atoms with van der Waals surface area (Å²) in [6.07, 6.45) is -0.456. The number of hydrogen-bond acceptors (Lipinski definition) is 7. The predicted molar refractivity (Wildman–Crippen MR) is 115 cm³/mol. The lowest BCUT2D eigenvalue weighted by Gasteiger charge is -2.25. The standard InChI is InChI=1S/C21H30N2O5S/c1-13(2)15(11-22-20(25)28-21(3,4)5)23-12-27-17-14-9-7-8-10-16(14)29-18(17)19(24)26-6/h7-10,13,15,23H,11-12H2,1-6H3,(H,22,25)/t15-/m1/s1. The smallest absolute Gasteiger partial charge is 0.407 e. The number of fused-ring (bicyclic) bond motifs is 1. The molecule has 1 atom stereocenters. The van der Waals surface area contributed by atoms with Gasteiger partial charge in [-0.3, -0.25) is 5.32 Å². The second kappa shape index (κ2) is 9.93. The zero-order valence-corrected chi connectivity index (χ0v) is 18.6. The first-order valence-electron chi connectivity index (χ1n) is 9.55. The quantitative estimate of drug-likeness (QED) is 0.491. The van der Waals surface area contributed by atoms with Crippen LogP contribution in [0.5, 0.6) is 5.75 Å². The summed E-state index contributed by atoms with van der Waals surface area (Å²) >= 11 is 1.34. The maximum Gasteiger partial charge on any atom is 0.407 e. The second-order valence-electron chi connectivity index (χ2n) is 7.97. The first kappa shape index (κ1) is 23.0. The number of rotatable bonds is 8. The van der Waals surface area contributed by atoms with Crippen LogP contribution in [0.15, 0.2) is 24.3 Å². The van der Waals surface area contributed by atoms with Crippen molar-refractivity contribution in [2.24, 2.45) is 5.92 Å². The van der Waals surface area contributed by atoms with Crippen LogP contribution in [0.1, 0.15) is 44.3 Å². The number of esters is 1. The van der Waals surface area contributed by atoms with Crippen LogP contribution in [-0.4, -0.2) is 44.1 Å². The van der Waals surface area contributed by atoms with Crippen molar-refractivity contribution in [1.82, 2.24) is 10.6 Å². The minimum absolute atomic E-state index is 0.0333. The molecular formula is C21H30N2O5S. The van der Waals surface area contributed by atoms with Gasteiger partial charge in [0.2, 0.25) is 0 Å². The van der Waals surface area contributed by atoms with Gasteiger partial charge in [-0.15, -0.1) is 11.3 Å². The third-order valence-electron chi connectivity index (χ3n) is 4.15. The van der Waals surface area contributed by atoms with Crippen molar-refractivity contribution in [2.75, 3.05) is 20.4 Å². The Morgan fingerprint density at radius 3 is 2.48 bits per heavy atom. The van der Waals surface area contributed by atoms with Gasteiger partial charge >= 0.3 is 12.1 Å². The molecular weight excluding hydrogens is 392 g/mol. The van der Waals surface area contributed by atoms with Crippen LogP contribution in [-0.2, 0) is 9.47 Å². The average Bonchev–Trinajstić information content (AvgIpc) is 3.00. The number of methoxy groups -OCH3 is 1. The molecule has 0 bridgehead atoms. The Kier molecular flexibility index (Phi) is 7.87. The molecule has 0 aliphatic carbocycles. The number of hydrogen-bond donors (Lipinski definition) is 2. The third kappa shape index (κ3) is 6.61. The first-order valence-corrected chi connectivity index (χ1v) is 10.4. The summed E-state index contributed by atoms with van der Waals surface area (Å²) in [4.78, 5) is 24.5. The number of carbonyl (C=O) groups excluding carboxylic acids is 2. The Hall–Kier alpha value is -2.32. The van der Waals surface area contributed by atoms with E-state index in [4.69, 9.17) is 14.2 Å². The van der Waals surface area contributed by atoms with Crippen molar-refractivity contribution in [2.45, 2.75) is 46.3 Å². The zero-order chi connectivity index (χ0) is 21.6. The normalized spacial score (nSPS) is 12.7. The molecule has 0 fully saturated rings. The van der Waals surface area contributed by atoms with E-state index in [0.717, 1.165) is 10.1 Å². The van der Waals surface area contributed by atoms with Gasteiger partial charge in [0.15, 0.2) is 10.6 Å². The molecule has 0 saturated carbocycles. The number of ether oxygens (including phenoxy) is 3. The molecule has 2 aromatic rings. The summed E-state index contributed by atoms with van der Waals surface area (Å²) in [6.45, 7) is 10.1. The van der Waals surface area contributed by atoms with Crippen molar-refractivity contribution in [3.8, 4) is 5.75 Å². The molecule has 0 aliphatic heterocycles. The summed E-state index contributed by atoms with van der Waals surface area (Å²) in [5.41, 5.74) is -0.543. The van der Waals surface area contributed by atoms with Crippen LogP contribution in [0.2, 0.25) is 0 Å². The largest absolute Gasteiger partial charge is 0.476 e. The van der Waals surface area contributed by atoms with Gasteiger partial charge in [0.05, 0.1) is 7.11 Å². The first-order chi connectivity index (χ1) is 13.6. The third-order valence-corrected chi connectivity index (χ3v) is 5.28. The minimum Gasteiger partial charge on any atom is -0.476 e. The molecule has 8 heteroatoms. The molecule has 2 N–H and O–H groups in total. The fourth-order valence-corrected chi connectivity index (χ4v) is 3.73. The lowest BCUT2D eigenvalue weighted by atomic mass is 10.1. The molecule has 1 heterocycles. The molecule has 0 radical (unpaired) electrons. The van der Waals surface area contributed by atoms with Gasteiger partial charge in [-0.05, 0) is 38.8 Å². The van der Waals surface area contributed by atoms with E-state index < -0.39 is 17.7 Å². The molecule has 7 nitrogen and oxygen atoms in total. The van der Waals surface area contributed by atoms with Crippen LogP contribution in [0.4, 0.5) is 4.79 Å². The van der Waals surface area contributed by atoms with E-state index in [9.17, 15) is 9.59 Å². The maximum atomic E-state index is 12.1. The zero-order valence-electron chi connectivity index (χ0n) is 17.8. The Morgan fingerprint density at radius 2 is 1.86 bits per heavy atom. The maximum absolute atomic E-state index is 12.1. The second-order valence-corrected chi connectivity index (χ2v) is 9.03. The molecule has 29 heavy (non-hydrogen) atoms. The molecule has 160 valence electrons. The number of benzene rings is 1. The molecule has 1 amide bonds. The Labute approximate surface area is 175 Å².